The first-order valence-electron chi connectivity index (χ1n) is 2.98. The van der Waals surface area contributed by atoms with Gasteiger partial charge in [0.2, 0.25) is 0 Å². The number of hydrogen-bond acceptors (Lipinski definition) is 3. The summed E-state index contributed by atoms with van der Waals surface area (Å²) in [6.45, 7) is 0. The number of nitrogens with zero attached hydrogens (tertiary/aromatic N) is 1. The lowest BCUT2D eigenvalue weighted by Crippen LogP contribution is -2.09. The van der Waals surface area contributed by atoms with Crippen LogP contribution >= 0.6 is 15.9 Å². The molecule has 13 heavy (non-hydrogen) atoms. The van der Waals surface area contributed by atoms with Crippen LogP contribution in [0.25, 0.3) is 0 Å². The van der Waals surface area contributed by atoms with Crippen molar-refractivity contribution in [2.24, 2.45) is 0 Å². The number of rotatable bonds is 1. The molecule has 0 spiro atoms. The maximum absolute atomic E-state index is 12.9. The van der Waals surface area contributed by atoms with E-state index in [0.29, 0.717) is 0 Å². The van der Waals surface area contributed by atoms with Gasteiger partial charge in [-0.2, -0.15) is 0 Å². The number of aromatic nitrogens is 1. The van der Waals surface area contributed by atoms with Gasteiger partial charge in [0, 0.05) is 0 Å². The van der Waals surface area contributed by atoms with Gasteiger partial charge in [-0.15, -0.1) is 0 Å². The molecule has 7 heteroatoms. The number of carbonyl (C=O) groups is 1. The second-order valence-corrected chi connectivity index (χ2v) is 2.85. The van der Waals surface area contributed by atoms with Crippen molar-refractivity contribution in [1.82, 2.24) is 4.98 Å². The van der Waals surface area contributed by atoms with Gasteiger partial charge in [0.1, 0.15) is 10.3 Å². The van der Waals surface area contributed by atoms with Crippen molar-refractivity contribution in [2.45, 2.75) is 0 Å². The van der Waals surface area contributed by atoms with Crippen molar-refractivity contribution >= 4 is 27.6 Å². The normalized spacial score (nSPS) is 10.1. The zero-order chi connectivity index (χ0) is 10.2. The number of halogens is 3. The molecule has 0 aliphatic rings. The summed E-state index contributed by atoms with van der Waals surface area (Å²) in [7, 11) is 0. The van der Waals surface area contributed by atoms with Crippen LogP contribution in [0.4, 0.5) is 14.5 Å². The Labute approximate surface area is 79.5 Å². The Hall–Kier alpha value is -1.24. The van der Waals surface area contributed by atoms with Gasteiger partial charge in [-0.25, -0.2) is 18.6 Å². The summed E-state index contributed by atoms with van der Waals surface area (Å²) in [5.41, 5.74) is 3.16. The Morgan fingerprint density at radius 2 is 2.00 bits per heavy atom. The number of anilines is 1. The number of carboxylic acids is 1. The van der Waals surface area contributed by atoms with Crippen molar-refractivity contribution in [3.05, 3.63) is 21.9 Å². The van der Waals surface area contributed by atoms with Crippen molar-refractivity contribution in [1.29, 1.82) is 0 Å². The first-order chi connectivity index (χ1) is 5.95. The molecule has 1 rings (SSSR count). The molecule has 0 saturated carbocycles. The maximum Gasteiger partial charge on any atom is 0.357 e. The van der Waals surface area contributed by atoms with Gasteiger partial charge in [0.25, 0.3) is 0 Å². The molecule has 0 aliphatic heterocycles. The average molecular weight is 253 g/mol. The molecule has 1 heterocycles. The molecule has 0 radical (unpaired) electrons. The third kappa shape index (κ3) is 1.59. The predicted molar refractivity (Wildman–Crippen MR) is 43.2 cm³/mol. The van der Waals surface area contributed by atoms with Crippen molar-refractivity contribution in [3.8, 4) is 0 Å². The largest absolute Gasteiger partial charge is 0.476 e. The number of nitrogens with two attached hydrogens (primary N) is 1. The van der Waals surface area contributed by atoms with E-state index in [1.165, 1.54) is 0 Å². The molecule has 1 aromatic rings. The predicted octanol–water partition coefficient (Wildman–Crippen LogP) is 1.40. The lowest BCUT2D eigenvalue weighted by Gasteiger charge is -2.02. The Kier molecular flexibility index (Phi) is 2.46. The summed E-state index contributed by atoms with van der Waals surface area (Å²) in [5, 5.41) is 8.40. The van der Waals surface area contributed by atoms with E-state index in [1.807, 2.05) is 0 Å². The van der Waals surface area contributed by atoms with Crippen molar-refractivity contribution in [2.75, 3.05) is 5.73 Å². The highest BCUT2D eigenvalue weighted by molar-refractivity contribution is 9.10. The van der Waals surface area contributed by atoms with Gasteiger partial charge in [-0.1, -0.05) is 0 Å². The van der Waals surface area contributed by atoms with Crippen LogP contribution in [0.1, 0.15) is 10.5 Å². The van der Waals surface area contributed by atoms with Gasteiger partial charge in [-0.05, 0) is 15.9 Å². The average Bonchev–Trinajstić information content (AvgIpc) is 2.07. The van der Waals surface area contributed by atoms with E-state index in [9.17, 15) is 13.6 Å². The topological polar surface area (TPSA) is 76.2 Å². The molecule has 0 aromatic carbocycles. The van der Waals surface area contributed by atoms with Crippen LogP contribution < -0.4 is 5.73 Å². The second-order valence-electron chi connectivity index (χ2n) is 2.10. The SMILES string of the molecule is Nc1c(F)c(Br)nc(C(=O)O)c1F. The third-order valence-electron chi connectivity index (χ3n) is 1.27. The molecular formula is C6H3BrF2N2O2. The molecule has 0 aliphatic carbocycles. The minimum atomic E-state index is -1.61. The number of nitrogen functional groups attached to an aromatic ring is 1. The van der Waals surface area contributed by atoms with Gasteiger partial charge in [0.15, 0.2) is 17.3 Å². The standard InChI is InChI=1S/C6H3BrF2N2O2/c7-5-2(9)3(10)1(8)4(11-5)6(12)13/h(H2,10,11)(H,12,13). The van der Waals surface area contributed by atoms with Gasteiger partial charge >= 0.3 is 5.97 Å². The van der Waals surface area contributed by atoms with E-state index in [-0.39, 0.29) is 0 Å². The Balaban J connectivity index is 3.50. The van der Waals surface area contributed by atoms with E-state index in [2.05, 4.69) is 20.9 Å². The van der Waals surface area contributed by atoms with Gasteiger partial charge in [-0.3, -0.25) is 0 Å². The Morgan fingerprint density at radius 3 is 2.46 bits per heavy atom. The highest BCUT2D eigenvalue weighted by Gasteiger charge is 2.20. The van der Waals surface area contributed by atoms with Crippen molar-refractivity contribution < 1.29 is 18.7 Å². The number of carboxylic acid groups (broad SMARTS) is 1. The molecular weight excluding hydrogens is 250 g/mol. The highest BCUT2D eigenvalue weighted by Crippen LogP contribution is 2.23. The molecule has 3 N–H and O–H groups in total. The van der Waals surface area contributed by atoms with E-state index in [4.69, 9.17) is 10.8 Å². The molecule has 0 fully saturated rings. The highest BCUT2D eigenvalue weighted by atomic mass is 79.9. The van der Waals surface area contributed by atoms with Crippen LogP contribution in [0.5, 0.6) is 0 Å². The molecule has 4 nitrogen and oxygen atoms in total. The van der Waals surface area contributed by atoms with E-state index in [1.54, 1.807) is 0 Å². The first-order valence-corrected chi connectivity index (χ1v) is 3.77. The number of pyridine rings is 1. The lowest BCUT2D eigenvalue weighted by atomic mass is 10.3. The fourth-order valence-corrected chi connectivity index (χ4v) is 1.06. The van der Waals surface area contributed by atoms with Crippen LogP contribution in [0, 0.1) is 11.6 Å². The van der Waals surface area contributed by atoms with E-state index < -0.39 is 33.6 Å². The first kappa shape index (κ1) is 9.85. The van der Waals surface area contributed by atoms with Crippen molar-refractivity contribution in [3.63, 3.8) is 0 Å². The summed E-state index contributed by atoms with van der Waals surface area (Å²) in [4.78, 5) is 13.5. The fraction of sp³-hybridized carbons (Fsp3) is 0. The number of aromatic carboxylic acids is 1. The summed E-state index contributed by atoms with van der Waals surface area (Å²) in [6, 6.07) is 0. The van der Waals surface area contributed by atoms with Gasteiger partial charge in [0.05, 0.1) is 0 Å². The molecule has 70 valence electrons. The lowest BCUT2D eigenvalue weighted by molar-refractivity contribution is 0.0684. The monoisotopic (exact) mass is 252 g/mol. The van der Waals surface area contributed by atoms with Crippen LogP contribution in [0.3, 0.4) is 0 Å². The quantitative estimate of drug-likeness (QED) is 0.741. The molecule has 0 saturated heterocycles. The summed E-state index contributed by atoms with van der Waals surface area (Å²) < 4.78 is 25.2. The Morgan fingerprint density at radius 1 is 1.46 bits per heavy atom. The van der Waals surface area contributed by atoms with Crippen LogP contribution in [0.15, 0.2) is 4.60 Å². The molecule has 0 atom stereocenters. The summed E-state index contributed by atoms with van der Waals surface area (Å²) in [5.74, 6) is -4.08. The molecule has 0 bridgehead atoms. The van der Waals surface area contributed by atoms with E-state index >= 15 is 0 Å². The fourth-order valence-electron chi connectivity index (χ4n) is 0.673. The smallest absolute Gasteiger partial charge is 0.357 e. The van der Waals surface area contributed by atoms with Crippen LogP contribution in [-0.4, -0.2) is 16.1 Å². The maximum atomic E-state index is 12.9. The van der Waals surface area contributed by atoms with E-state index in [0.717, 1.165) is 0 Å². The minimum absolute atomic E-state index is 0.427. The molecule has 0 amide bonds. The van der Waals surface area contributed by atoms with Crippen LogP contribution in [-0.2, 0) is 0 Å². The molecule has 0 unspecified atom stereocenters. The second kappa shape index (κ2) is 3.25. The minimum Gasteiger partial charge on any atom is -0.476 e. The number of hydrogen-bond donors (Lipinski definition) is 2. The summed E-state index contributed by atoms with van der Waals surface area (Å²) in [6.07, 6.45) is 0. The van der Waals surface area contributed by atoms with Gasteiger partial charge < -0.3 is 10.8 Å². The zero-order valence-electron chi connectivity index (χ0n) is 6.01. The molecule has 1 aromatic heterocycles. The Bertz CT molecular complexity index is 383. The third-order valence-corrected chi connectivity index (χ3v) is 1.80. The zero-order valence-corrected chi connectivity index (χ0v) is 7.60. The summed E-state index contributed by atoms with van der Waals surface area (Å²) >= 11 is 2.60. The van der Waals surface area contributed by atoms with Crippen LogP contribution in [0.2, 0.25) is 0 Å².